The quantitative estimate of drug-likeness (QED) is 0.779. The van der Waals surface area contributed by atoms with Crippen LogP contribution in [-0.4, -0.2) is 25.8 Å². The third-order valence-electron chi connectivity index (χ3n) is 3.17. The van der Waals surface area contributed by atoms with E-state index in [2.05, 4.69) is 17.9 Å². The Morgan fingerprint density at radius 2 is 2.29 bits per heavy atom. The van der Waals surface area contributed by atoms with Crippen molar-refractivity contribution in [3.63, 3.8) is 0 Å². The summed E-state index contributed by atoms with van der Waals surface area (Å²) in [7, 11) is 0. The Hall–Kier alpha value is -0.440. The number of morpholine rings is 1. The van der Waals surface area contributed by atoms with Gasteiger partial charge in [0.1, 0.15) is 0 Å². The molecule has 0 radical (unpaired) electrons. The van der Waals surface area contributed by atoms with Crippen LogP contribution in [0.1, 0.15) is 18.9 Å². The molecule has 4 heteroatoms. The molecule has 2 nitrogen and oxygen atoms in total. The summed E-state index contributed by atoms with van der Waals surface area (Å²) in [6.45, 7) is 4.63. The van der Waals surface area contributed by atoms with Crippen LogP contribution in [0, 0.1) is 0 Å². The summed E-state index contributed by atoms with van der Waals surface area (Å²) in [5, 5.41) is 0.781. The van der Waals surface area contributed by atoms with Crippen LogP contribution < -0.4 is 4.90 Å². The van der Waals surface area contributed by atoms with Gasteiger partial charge < -0.3 is 9.64 Å². The lowest BCUT2D eigenvalue weighted by Gasteiger charge is -2.37. The van der Waals surface area contributed by atoms with E-state index in [0.717, 1.165) is 42.5 Å². The van der Waals surface area contributed by atoms with E-state index >= 15 is 0 Å². The fourth-order valence-electron chi connectivity index (χ4n) is 2.18. The molecule has 1 aliphatic rings. The van der Waals surface area contributed by atoms with E-state index in [1.54, 1.807) is 0 Å². The number of anilines is 1. The number of benzene rings is 1. The lowest BCUT2D eigenvalue weighted by atomic mass is 10.1. The molecule has 1 aromatic rings. The molecule has 1 aromatic carbocycles. The lowest BCUT2D eigenvalue weighted by molar-refractivity contribution is 0.0930. The van der Waals surface area contributed by atoms with Gasteiger partial charge >= 0.3 is 0 Å². The molecule has 0 N–H and O–H groups in total. The summed E-state index contributed by atoms with van der Waals surface area (Å²) in [5.41, 5.74) is 2.15. The molecule has 1 saturated heterocycles. The van der Waals surface area contributed by atoms with Crippen LogP contribution in [0.3, 0.4) is 0 Å². The zero-order chi connectivity index (χ0) is 12.3. The van der Waals surface area contributed by atoms with E-state index in [4.69, 9.17) is 27.9 Å². The highest BCUT2D eigenvalue weighted by molar-refractivity contribution is 6.33. The standard InChI is InChI=1S/C13H17Cl2NO/c1-2-11-9-17-6-5-16(11)13-4-3-10(8-14)7-12(13)15/h3-4,7,11H,2,5-6,8-9H2,1H3. The molecule has 0 amide bonds. The van der Waals surface area contributed by atoms with Gasteiger partial charge in [-0.25, -0.2) is 0 Å². The smallest absolute Gasteiger partial charge is 0.0670 e. The number of halogens is 2. The van der Waals surface area contributed by atoms with Gasteiger partial charge in [0.25, 0.3) is 0 Å². The highest BCUT2D eigenvalue weighted by Crippen LogP contribution is 2.30. The highest BCUT2D eigenvalue weighted by Gasteiger charge is 2.23. The summed E-state index contributed by atoms with van der Waals surface area (Å²) in [6.07, 6.45) is 1.06. The second kappa shape index (κ2) is 5.94. The average molecular weight is 274 g/mol. The predicted octanol–water partition coefficient (Wildman–Crippen LogP) is 3.69. The molecular weight excluding hydrogens is 257 g/mol. The number of ether oxygens (including phenoxy) is 1. The van der Waals surface area contributed by atoms with Gasteiger partial charge in [-0.15, -0.1) is 11.6 Å². The zero-order valence-corrected chi connectivity index (χ0v) is 11.5. The fourth-order valence-corrected chi connectivity index (χ4v) is 2.65. The Labute approximate surface area is 112 Å². The van der Waals surface area contributed by atoms with Crippen molar-refractivity contribution in [1.29, 1.82) is 0 Å². The van der Waals surface area contributed by atoms with Crippen LogP contribution in [0.2, 0.25) is 5.02 Å². The molecule has 94 valence electrons. The Morgan fingerprint density at radius 1 is 1.47 bits per heavy atom. The number of hydrogen-bond donors (Lipinski definition) is 0. The minimum atomic E-state index is 0.420. The van der Waals surface area contributed by atoms with E-state index in [9.17, 15) is 0 Å². The second-order valence-electron chi connectivity index (χ2n) is 4.25. The first-order chi connectivity index (χ1) is 8.26. The van der Waals surface area contributed by atoms with Crippen molar-refractivity contribution >= 4 is 28.9 Å². The number of nitrogens with zero attached hydrogens (tertiary/aromatic N) is 1. The molecule has 0 aliphatic carbocycles. The summed E-state index contributed by atoms with van der Waals surface area (Å²) in [6, 6.07) is 6.47. The first-order valence-electron chi connectivity index (χ1n) is 5.95. The molecule has 1 heterocycles. The predicted molar refractivity (Wildman–Crippen MR) is 73.3 cm³/mol. The van der Waals surface area contributed by atoms with E-state index < -0.39 is 0 Å². The Balaban J connectivity index is 2.25. The average Bonchev–Trinajstić information content (AvgIpc) is 2.38. The van der Waals surface area contributed by atoms with E-state index in [-0.39, 0.29) is 0 Å². The van der Waals surface area contributed by atoms with E-state index in [1.165, 1.54) is 0 Å². The van der Waals surface area contributed by atoms with Gasteiger partial charge in [-0.2, -0.15) is 0 Å². The maximum Gasteiger partial charge on any atom is 0.0670 e. The maximum absolute atomic E-state index is 6.32. The molecule has 0 saturated carbocycles. The van der Waals surface area contributed by atoms with Gasteiger partial charge in [-0.05, 0) is 24.1 Å². The molecular formula is C13H17Cl2NO. The van der Waals surface area contributed by atoms with Crippen LogP contribution in [0.25, 0.3) is 0 Å². The van der Waals surface area contributed by atoms with Gasteiger partial charge in [0.2, 0.25) is 0 Å². The maximum atomic E-state index is 6.32. The zero-order valence-electron chi connectivity index (χ0n) is 9.96. The normalized spacial score (nSPS) is 20.6. The topological polar surface area (TPSA) is 12.5 Å². The molecule has 0 bridgehead atoms. The van der Waals surface area contributed by atoms with Crippen molar-refractivity contribution < 1.29 is 4.74 Å². The monoisotopic (exact) mass is 273 g/mol. The molecule has 1 fully saturated rings. The number of rotatable bonds is 3. The number of alkyl halides is 1. The van der Waals surface area contributed by atoms with Gasteiger partial charge in [0, 0.05) is 12.4 Å². The van der Waals surface area contributed by atoms with Gasteiger partial charge in [-0.1, -0.05) is 24.6 Å². The van der Waals surface area contributed by atoms with E-state index in [0.29, 0.717) is 11.9 Å². The van der Waals surface area contributed by atoms with Crippen molar-refractivity contribution in [2.45, 2.75) is 25.3 Å². The van der Waals surface area contributed by atoms with E-state index in [1.807, 2.05) is 12.1 Å². The molecule has 0 spiro atoms. The summed E-state index contributed by atoms with van der Waals surface area (Å²) in [4.78, 5) is 2.34. The summed E-state index contributed by atoms with van der Waals surface area (Å²) >= 11 is 12.1. The van der Waals surface area contributed by atoms with Crippen molar-refractivity contribution in [3.05, 3.63) is 28.8 Å². The van der Waals surface area contributed by atoms with Crippen molar-refractivity contribution in [2.75, 3.05) is 24.7 Å². The van der Waals surface area contributed by atoms with Crippen LogP contribution in [0.15, 0.2) is 18.2 Å². The van der Waals surface area contributed by atoms with Crippen LogP contribution in [-0.2, 0) is 10.6 Å². The van der Waals surface area contributed by atoms with Gasteiger partial charge in [0.05, 0.1) is 30.0 Å². The molecule has 0 aromatic heterocycles. The molecule has 17 heavy (non-hydrogen) atoms. The SMILES string of the molecule is CCC1COCCN1c1ccc(CCl)cc1Cl. The fraction of sp³-hybridized carbons (Fsp3) is 0.538. The Bertz CT molecular complexity index is 384. The highest BCUT2D eigenvalue weighted by atomic mass is 35.5. The van der Waals surface area contributed by atoms with Crippen LogP contribution in [0.4, 0.5) is 5.69 Å². The Morgan fingerprint density at radius 3 is 2.94 bits per heavy atom. The molecule has 1 atom stereocenters. The van der Waals surface area contributed by atoms with Gasteiger partial charge in [0.15, 0.2) is 0 Å². The minimum Gasteiger partial charge on any atom is -0.377 e. The van der Waals surface area contributed by atoms with Crippen LogP contribution in [0.5, 0.6) is 0 Å². The Kier molecular flexibility index (Phi) is 4.55. The summed E-state index contributed by atoms with van der Waals surface area (Å²) < 4.78 is 5.50. The molecule has 1 aliphatic heterocycles. The third kappa shape index (κ3) is 2.87. The number of hydrogen-bond acceptors (Lipinski definition) is 2. The largest absolute Gasteiger partial charge is 0.377 e. The first-order valence-corrected chi connectivity index (χ1v) is 6.86. The summed E-state index contributed by atoms with van der Waals surface area (Å²) in [5.74, 6) is 0.500. The first kappa shape index (κ1) is 13.0. The van der Waals surface area contributed by atoms with Crippen molar-refractivity contribution in [1.82, 2.24) is 0 Å². The molecule has 2 rings (SSSR count). The van der Waals surface area contributed by atoms with Crippen LogP contribution >= 0.6 is 23.2 Å². The van der Waals surface area contributed by atoms with Crippen molar-refractivity contribution in [2.24, 2.45) is 0 Å². The molecule has 1 unspecified atom stereocenters. The van der Waals surface area contributed by atoms with Gasteiger partial charge in [-0.3, -0.25) is 0 Å². The van der Waals surface area contributed by atoms with Crippen molar-refractivity contribution in [3.8, 4) is 0 Å². The minimum absolute atomic E-state index is 0.420. The second-order valence-corrected chi connectivity index (χ2v) is 4.92. The third-order valence-corrected chi connectivity index (χ3v) is 3.79. The lowest BCUT2D eigenvalue weighted by Crippen LogP contribution is -2.45.